The molecule has 0 aliphatic carbocycles. The van der Waals surface area contributed by atoms with E-state index in [1.807, 2.05) is 0 Å². The van der Waals surface area contributed by atoms with Crippen LogP contribution in [0.15, 0.2) is 97.1 Å². The maximum Gasteiger partial charge on any atom is 0.0620 e. The van der Waals surface area contributed by atoms with Crippen LogP contribution in [0.4, 0.5) is 0 Å². The van der Waals surface area contributed by atoms with Crippen molar-refractivity contribution in [2.24, 2.45) is 0 Å². The van der Waals surface area contributed by atoms with Crippen molar-refractivity contribution < 1.29 is 0 Å². The number of hydrogen-bond donors (Lipinski definition) is 0. The van der Waals surface area contributed by atoms with Gasteiger partial charge in [0.1, 0.15) is 0 Å². The van der Waals surface area contributed by atoms with Crippen LogP contribution >= 0.6 is 0 Å². The molecule has 0 aliphatic rings. The molecule has 0 aliphatic heterocycles. The summed E-state index contributed by atoms with van der Waals surface area (Å²) in [5, 5.41) is 16.0. The predicted octanol–water partition coefficient (Wildman–Crippen LogP) is 15.5. The van der Waals surface area contributed by atoms with Crippen LogP contribution < -0.4 is 0 Å². The van der Waals surface area contributed by atoms with E-state index in [4.69, 9.17) is 0 Å². The summed E-state index contributed by atoms with van der Waals surface area (Å²) in [5.74, 6) is 0. The van der Waals surface area contributed by atoms with Crippen LogP contribution in [0.5, 0.6) is 0 Å². The molecule has 0 fully saturated rings. The Labute approximate surface area is 329 Å². The summed E-state index contributed by atoms with van der Waals surface area (Å²) in [6.07, 6.45) is 0. The lowest BCUT2D eigenvalue weighted by atomic mass is 9.84. The zero-order valence-corrected chi connectivity index (χ0v) is 35.1. The molecule has 0 unspecified atom stereocenters. The average molecular weight is 729 g/mol. The maximum atomic E-state index is 2.55. The van der Waals surface area contributed by atoms with Crippen LogP contribution in [-0.2, 0) is 21.7 Å². The molecule has 0 atom stereocenters. The molecule has 11 aromatic rings. The molecule has 4 aromatic heterocycles. The summed E-state index contributed by atoms with van der Waals surface area (Å²) < 4.78 is 5.11. The van der Waals surface area contributed by atoms with Crippen molar-refractivity contribution in [3.05, 3.63) is 119 Å². The van der Waals surface area contributed by atoms with Gasteiger partial charge in [0.05, 0.1) is 33.1 Å². The van der Waals surface area contributed by atoms with Crippen molar-refractivity contribution in [3.63, 3.8) is 0 Å². The van der Waals surface area contributed by atoms with Gasteiger partial charge < -0.3 is 8.80 Å². The minimum atomic E-state index is 0.0234. The highest BCUT2D eigenvalue weighted by molar-refractivity contribution is 6.29. The van der Waals surface area contributed by atoms with E-state index in [-0.39, 0.29) is 21.7 Å². The molecule has 0 amide bonds. The predicted molar refractivity (Wildman–Crippen MR) is 246 cm³/mol. The lowest BCUT2D eigenvalue weighted by Gasteiger charge is -2.20. The number of rotatable bonds is 0. The van der Waals surface area contributed by atoms with Crippen LogP contribution in [0.2, 0.25) is 0 Å². The highest BCUT2D eigenvalue weighted by atomic mass is 14.9. The van der Waals surface area contributed by atoms with Crippen LogP contribution in [0.1, 0.15) is 105 Å². The maximum absolute atomic E-state index is 2.55. The van der Waals surface area contributed by atoms with E-state index in [2.05, 4.69) is 189 Å². The fraction of sp³-hybridized carbons (Fsp3) is 0.296. The van der Waals surface area contributed by atoms with Crippen molar-refractivity contribution in [2.45, 2.75) is 105 Å². The standard InChI is InChI=1S/C54H52N2/c1-51(2,3)31-15-17-45-37(21-31)41-23-33(53(7,8)9)25-43-39-27-35-29(19-47(39)55(45)49(41)43)13-14-30-20-48-40(28-36(30)35)44-26-34(54(10,11)12)24-42-38-22-32(52(4,5)6)16-18-46(38)56(48)50(42)44/h13-28H,1-12H3. The first-order chi connectivity index (χ1) is 26.3. The molecule has 278 valence electrons. The first-order valence-electron chi connectivity index (χ1n) is 20.6. The molecule has 7 aromatic carbocycles. The Morgan fingerprint density at radius 2 is 0.571 bits per heavy atom. The molecular formula is C54H52N2. The van der Waals surface area contributed by atoms with Gasteiger partial charge in [0.25, 0.3) is 0 Å². The third-order valence-corrected chi connectivity index (χ3v) is 13.3. The monoisotopic (exact) mass is 728 g/mol. The Morgan fingerprint density at radius 3 is 0.893 bits per heavy atom. The Kier molecular flexibility index (Phi) is 6.27. The Hall–Kier alpha value is -5.34. The number of nitrogens with zero attached hydrogens (tertiary/aromatic N) is 2. The summed E-state index contributed by atoms with van der Waals surface area (Å²) in [4.78, 5) is 0. The summed E-state index contributed by atoms with van der Waals surface area (Å²) >= 11 is 0. The van der Waals surface area contributed by atoms with Crippen molar-refractivity contribution in [1.82, 2.24) is 8.80 Å². The molecule has 11 rings (SSSR count). The van der Waals surface area contributed by atoms with Crippen LogP contribution in [-0.4, -0.2) is 8.80 Å². The topological polar surface area (TPSA) is 8.82 Å². The van der Waals surface area contributed by atoms with E-state index in [1.54, 1.807) is 0 Å². The minimum absolute atomic E-state index is 0.0234. The fourth-order valence-electron chi connectivity index (χ4n) is 9.94. The summed E-state index contributed by atoms with van der Waals surface area (Å²) in [5.41, 5.74) is 13.6. The molecule has 56 heavy (non-hydrogen) atoms. The Morgan fingerprint density at radius 1 is 0.268 bits per heavy atom. The Bertz CT molecular complexity index is 3250. The van der Waals surface area contributed by atoms with Gasteiger partial charge in [-0.25, -0.2) is 0 Å². The van der Waals surface area contributed by atoms with Gasteiger partial charge in [-0.05, 0) is 138 Å². The molecule has 0 saturated heterocycles. The van der Waals surface area contributed by atoms with Gasteiger partial charge in [0, 0.05) is 43.1 Å². The number of hydrogen-bond acceptors (Lipinski definition) is 0. The van der Waals surface area contributed by atoms with Gasteiger partial charge in [0.15, 0.2) is 0 Å². The van der Waals surface area contributed by atoms with E-state index < -0.39 is 0 Å². The van der Waals surface area contributed by atoms with Gasteiger partial charge in [-0.3, -0.25) is 0 Å². The molecule has 0 N–H and O–H groups in total. The number of benzene rings is 7. The normalized spacial score (nSPS) is 14.1. The first-order valence-corrected chi connectivity index (χ1v) is 20.6. The molecule has 0 bridgehead atoms. The zero-order valence-electron chi connectivity index (χ0n) is 35.1. The summed E-state index contributed by atoms with van der Waals surface area (Å²) in [6, 6.07) is 38.9. The lowest BCUT2D eigenvalue weighted by Crippen LogP contribution is -2.11. The summed E-state index contributed by atoms with van der Waals surface area (Å²) in [6.45, 7) is 28.0. The van der Waals surface area contributed by atoms with E-state index >= 15 is 0 Å². The molecule has 2 nitrogen and oxygen atoms in total. The van der Waals surface area contributed by atoms with E-state index in [1.165, 1.54) is 120 Å². The fourth-order valence-corrected chi connectivity index (χ4v) is 9.94. The van der Waals surface area contributed by atoms with Gasteiger partial charge >= 0.3 is 0 Å². The second-order valence-electron chi connectivity index (χ2n) is 21.2. The molecule has 4 heterocycles. The third-order valence-electron chi connectivity index (χ3n) is 13.3. The highest BCUT2D eigenvalue weighted by Gasteiger charge is 2.27. The van der Waals surface area contributed by atoms with Crippen molar-refractivity contribution in [1.29, 1.82) is 0 Å². The van der Waals surface area contributed by atoms with Crippen LogP contribution in [0.3, 0.4) is 0 Å². The number of aromatic nitrogens is 2. The molecule has 2 heteroatoms. The Balaban J connectivity index is 1.26. The molecule has 0 spiro atoms. The van der Waals surface area contributed by atoms with Gasteiger partial charge in [0.2, 0.25) is 0 Å². The van der Waals surface area contributed by atoms with Gasteiger partial charge in [-0.15, -0.1) is 0 Å². The average Bonchev–Trinajstić information content (AvgIpc) is 3.83. The van der Waals surface area contributed by atoms with Gasteiger partial charge in [-0.2, -0.15) is 0 Å². The zero-order chi connectivity index (χ0) is 39.2. The SMILES string of the molecule is CC(C)(C)c1ccc2c(c1)c1cc(C(C)(C)C)cc3c4cc5c(ccc6cc7c(cc65)c5cc(C(C)(C)C)cc6c8cc(C(C)(C)C)ccc8n7c65)cc4n2c13. The van der Waals surface area contributed by atoms with Crippen molar-refractivity contribution >= 4 is 97.7 Å². The van der Waals surface area contributed by atoms with Gasteiger partial charge in [-0.1, -0.05) is 107 Å². The second-order valence-corrected chi connectivity index (χ2v) is 21.2. The van der Waals surface area contributed by atoms with E-state index in [0.29, 0.717) is 0 Å². The number of fused-ring (bicyclic) bond motifs is 15. The quantitative estimate of drug-likeness (QED) is 0.138. The first kappa shape index (κ1) is 34.0. The van der Waals surface area contributed by atoms with Crippen LogP contribution in [0.25, 0.3) is 97.7 Å². The smallest absolute Gasteiger partial charge is 0.0620 e. The third kappa shape index (κ3) is 4.45. The van der Waals surface area contributed by atoms with E-state index in [0.717, 1.165) is 0 Å². The van der Waals surface area contributed by atoms with E-state index in [9.17, 15) is 0 Å². The largest absolute Gasteiger partial charge is 0.308 e. The van der Waals surface area contributed by atoms with Crippen LogP contribution in [0, 0.1) is 0 Å². The molecule has 0 saturated carbocycles. The van der Waals surface area contributed by atoms with Crippen molar-refractivity contribution in [2.75, 3.05) is 0 Å². The second kappa shape index (κ2) is 10.3. The molecule has 0 radical (unpaired) electrons. The summed E-state index contributed by atoms with van der Waals surface area (Å²) in [7, 11) is 0. The van der Waals surface area contributed by atoms with Crippen molar-refractivity contribution in [3.8, 4) is 0 Å². The highest BCUT2D eigenvalue weighted by Crippen LogP contribution is 2.47. The molecular weight excluding hydrogens is 677 g/mol. The lowest BCUT2D eigenvalue weighted by molar-refractivity contribution is 0.590. The minimum Gasteiger partial charge on any atom is -0.308 e.